The van der Waals surface area contributed by atoms with Crippen LogP contribution in [0.5, 0.6) is 0 Å². The highest BCUT2D eigenvalue weighted by molar-refractivity contribution is 5.56. The molecule has 1 saturated heterocycles. The first kappa shape index (κ1) is 20.4. The Morgan fingerprint density at radius 3 is 2.56 bits per heavy atom. The van der Waals surface area contributed by atoms with Crippen molar-refractivity contribution in [3.05, 3.63) is 70.7 Å². The third-order valence-electron chi connectivity index (χ3n) is 5.74. The number of aromatic nitrogens is 7. The monoisotopic (exact) mass is 431 g/mol. The van der Waals surface area contributed by atoms with E-state index in [2.05, 4.69) is 35.2 Å². The van der Waals surface area contributed by atoms with E-state index in [1.54, 1.807) is 29.2 Å². The van der Waals surface area contributed by atoms with E-state index in [0.717, 1.165) is 67.7 Å². The van der Waals surface area contributed by atoms with E-state index < -0.39 is 0 Å². The molecule has 10 nitrogen and oxygen atoms in total. The van der Waals surface area contributed by atoms with Gasteiger partial charge in [0, 0.05) is 56.7 Å². The predicted octanol–water partition coefficient (Wildman–Crippen LogP) is 0.869. The zero-order valence-corrected chi connectivity index (χ0v) is 18.0. The number of nitrogens with zero attached hydrogens (tertiary/aromatic N) is 9. The summed E-state index contributed by atoms with van der Waals surface area (Å²) in [6.07, 6.45) is 3.48. The summed E-state index contributed by atoms with van der Waals surface area (Å²) >= 11 is 0. The van der Waals surface area contributed by atoms with Gasteiger partial charge in [-0.2, -0.15) is 14.7 Å². The highest BCUT2D eigenvalue weighted by Crippen LogP contribution is 2.13. The van der Waals surface area contributed by atoms with E-state index >= 15 is 0 Å². The Balaban J connectivity index is 1.17. The van der Waals surface area contributed by atoms with Crippen LogP contribution in [-0.4, -0.2) is 77.1 Å². The van der Waals surface area contributed by atoms with Crippen LogP contribution in [0, 0.1) is 6.92 Å². The van der Waals surface area contributed by atoms with Crippen molar-refractivity contribution in [3.8, 4) is 11.3 Å². The minimum absolute atomic E-state index is 0.0854. The molecule has 10 heteroatoms. The minimum Gasteiger partial charge on any atom is -0.299 e. The van der Waals surface area contributed by atoms with Crippen molar-refractivity contribution in [2.45, 2.75) is 20.0 Å². The fourth-order valence-corrected chi connectivity index (χ4v) is 3.91. The molecular formula is C22H25N9O. The summed E-state index contributed by atoms with van der Waals surface area (Å²) in [5, 5.41) is 17.6. The molecule has 5 heterocycles. The van der Waals surface area contributed by atoms with Gasteiger partial charge in [-0.05, 0) is 37.3 Å². The van der Waals surface area contributed by atoms with Crippen molar-refractivity contribution in [2.24, 2.45) is 0 Å². The maximum atomic E-state index is 12.3. The molecule has 164 valence electrons. The van der Waals surface area contributed by atoms with E-state index in [0.29, 0.717) is 6.54 Å². The fraction of sp³-hybridized carbons (Fsp3) is 0.364. The molecule has 1 aliphatic heterocycles. The highest BCUT2D eigenvalue weighted by atomic mass is 16.1. The van der Waals surface area contributed by atoms with Crippen molar-refractivity contribution in [1.82, 2.24) is 44.4 Å². The van der Waals surface area contributed by atoms with Crippen LogP contribution in [0.15, 0.2) is 53.6 Å². The molecule has 32 heavy (non-hydrogen) atoms. The number of hydrogen-bond donors (Lipinski definition) is 0. The summed E-state index contributed by atoms with van der Waals surface area (Å²) in [6.45, 7) is 7.75. The lowest BCUT2D eigenvalue weighted by Gasteiger charge is -2.34. The molecule has 0 atom stereocenters. The number of rotatable bonds is 6. The Bertz CT molecular complexity index is 1260. The first-order valence-corrected chi connectivity index (χ1v) is 10.8. The summed E-state index contributed by atoms with van der Waals surface area (Å²) in [5.74, 6) is 0.861. The van der Waals surface area contributed by atoms with Crippen molar-refractivity contribution in [3.63, 3.8) is 0 Å². The molecule has 0 saturated carbocycles. The zero-order chi connectivity index (χ0) is 21.9. The van der Waals surface area contributed by atoms with Gasteiger partial charge >= 0.3 is 0 Å². The average molecular weight is 432 g/mol. The summed E-state index contributed by atoms with van der Waals surface area (Å²) < 4.78 is 3.38. The molecular weight excluding hydrogens is 406 g/mol. The molecule has 0 N–H and O–H groups in total. The molecule has 0 radical (unpaired) electrons. The lowest BCUT2D eigenvalue weighted by Crippen LogP contribution is -2.47. The average Bonchev–Trinajstić information content (AvgIpc) is 3.22. The highest BCUT2D eigenvalue weighted by Gasteiger charge is 2.19. The summed E-state index contributed by atoms with van der Waals surface area (Å²) in [7, 11) is 0. The van der Waals surface area contributed by atoms with Gasteiger partial charge in [0.15, 0.2) is 11.5 Å². The standard InChI is InChI=1S/C22H25N9O/c1-17-4-6-20-24-25-21(31(20)26-17)16-29-11-9-28(10-12-29)13-14-30-22(32)7-5-19(27-30)18-3-2-8-23-15-18/h2-8,15H,9-14,16H2,1H3. The van der Waals surface area contributed by atoms with E-state index in [1.165, 1.54) is 0 Å². The van der Waals surface area contributed by atoms with Gasteiger partial charge in [0.05, 0.1) is 24.5 Å². The molecule has 4 aromatic rings. The molecule has 0 aliphatic carbocycles. The summed E-state index contributed by atoms with van der Waals surface area (Å²) in [4.78, 5) is 21.1. The first-order valence-electron chi connectivity index (χ1n) is 10.8. The molecule has 0 amide bonds. The van der Waals surface area contributed by atoms with E-state index in [-0.39, 0.29) is 5.56 Å². The second kappa shape index (κ2) is 8.93. The number of aryl methyl sites for hydroxylation is 1. The molecule has 1 aliphatic rings. The first-order chi connectivity index (χ1) is 15.7. The fourth-order valence-electron chi connectivity index (χ4n) is 3.91. The molecule has 0 unspecified atom stereocenters. The molecule has 4 aromatic heterocycles. The van der Waals surface area contributed by atoms with Crippen molar-refractivity contribution < 1.29 is 0 Å². The van der Waals surface area contributed by atoms with Gasteiger partial charge in [-0.15, -0.1) is 10.2 Å². The third-order valence-corrected chi connectivity index (χ3v) is 5.74. The summed E-state index contributed by atoms with van der Waals surface area (Å²) in [5.41, 5.74) is 3.29. The Morgan fingerprint density at radius 2 is 1.75 bits per heavy atom. The second-order valence-electron chi connectivity index (χ2n) is 8.00. The molecule has 0 bridgehead atoms. The lowest BCUT2D eigenvalue weighted by atomic mass is 10.2. The van der Waals surface area contributed by atoms with Crippen LogP contribution in [0.2, 0.25) is 0 Å². The van der Waals surface area contributed by atoms with Crippen LogP contribution in [0.4, 0.5) is 0 Å². The molecule has 0 aromatic carbocycles. The smallest absolute Gasteiger partial charge is 0.266 e. The van der Waals surface area contributed by atoms with Crippen molar-refractivity contribution >= 4 is 5.65 Å². The van der Waals surface area contributed by atoms with Crippen LogP contribution in [-0.2, 0) is 13.1 Å². The van der Waals surface area contributed by atoms with Gasteiger partial charge < -0.3 is 0 Å². The number of pyridine rings is 1. The van der Waals surface area contributed by atoms with Crippen molar-refractivity contribution in [1.29, 1.82) is 0 Å². The maximum absolute atomic E-state index is 12.3. The summed E-state index contributed by atoms with van der Waals surface area (Å²) in [6, 6.07) is 11.0. The topological polar surface area (TPSA) is 97.3 Å². The van der Waals surface area contributed by atoms with Crippen LogP contribution in [0.1, 0.15) is 11.5 Å². The van der Waals surface area contributed by atoms with Crippen LogP contribution < -0.4 is 5.56 Å². The lowest BCUT2D eigenvalue weighted by molar-refractivity contribution is 0.120. The molecule has 1 fully saturated rings. The van der Waals surface area contributed by atoms with Gasteiger partial charge in [0.2, 0.25) is 0 Å². The quantitative estimate of drug-likeness (QED) is 0.444. The van der Waals surface area contributed by atoms with Gasteiger partial charge in [-0.1, -0.05) is 0 Å². The minimum atomic E-state index is -0.0854. The Morgan fingerprint density at radius 1 is 0.906 bits per heavy atom. The second-order valence-corrected chi connectivity index (χ2v) is 8.00. The van der Waals surface area contributed by atoms with E-state index in [1.807, 2.05) is 35.7 Å². The van der Waals surface area contributed by atoms with Crippen molar-refractivity contribution in [2.75, 3.05) is 32.7 Å². The largest absolute Gasteiger partial charge is 0.299 e. The third kappa shape index (κ3) is 4.41. The van der Waals surface area contributed by atoms with Gasteiger partial charge in [-0.25, -0.2) is 4.68 Å². The SMILES string of the molecule is Cc1ccc2nnc(CN3CCN(CCn4nc(-c5cccnc5)ccc4=O)CC3)n2n1. The van der Waals surface area contributed by atoms with Crippen LogP contribution in [0.3, 0.4) is 0 Å². The number of piperazine rings is 1. The van der Waals surface area contributed by atoms with E-state index in [4.69, 9.17) is 0 Å². The normalized spacial score (nSPS) is 15.4. The Kier molecular flexibility index (Phi) is 5.70. The molecule has 0 spiro atoms. The zero-order valence-electron chi connectivity index (χ0n) is 18.0. The van der Waals surface area contributed by atoms with Crippen LogP contribution in [0.25, 0.3) is 16.9 Å². The van der Waals surface area contributed by atoms with Gasteiger partial charge in [0.1, 0.15) is 0 Å². The predicted molar refractivity (Wildman–Crippen MR) is 119 cm³/mol. The van der Waals surface area contributed by atoms with Crippen LogP contribution >= 0.6 is 0 Å². The van der Waals surface area contributed by atoms with E-state index in [9.17, 15) is 4.79 Å². The van der Waals surface area contributed by atoms with Gasteiger partial charge in [-0.3, -0.25) is 19.6 Å². The molecule has 5 rings (SSSR count). The Labute approximate surface area is 185 Å². The Hall–Kier alpha value is -3.50. The maximum Gasteiger partial charge on any atom is 0.266 e. The van der Waals surface area contributed by atoms with Gasteiger partial charge in [0.25, 0.3) is 5.56 Å². The number of hydrogen-bond acceptors (Lipinski definition) is 8. The number of fused-ring (bicyclic) bond motifs is 1.